The van der Waals surface area contributed by atoms with Crippen molar-refractivity contribution < 1.29 is 0 Å². The van der Waals surface area contributed by atoms with Gasteiger partial charge in [0.05, 0.1) is 0 Å². The molecular weight excluding hydrogens is 156 g/mol. The van der Waals surface area contributed by atoms with Gasteiger partial charge in [0.25, 0.3) is 0 Å². The minimum absolute atomic E-state index is 0.401. The monoisotopic (exact) mass is 180 g/mol. The van der Waals surface area contributed by atoms with Crippen molar-refractivity contribution >= 4 is 0 Å². The molecule has 0 nitrogen and oxygen atoms in total. The van der Waals surface area contributed by atoms with Crippen molar-refractivity contribution in [2.24, 2.45) is 11.3 Å². The first-order valence-corrected chi connectivity index (χ1v) is 5.06. The van der Waals surface area contributed by atoms with Crippen LogP contribution in [0.4, 0.5) is 0 Å². The van der Waals surface area contributed by atoms with Crippen molar-refractivity contribution in [3.05, 3.63) is 23.8 Å². The molecule has 0 aromatic carbocycles. The van der Waals surface area contributed by atoms with Gasteiger partial charge in [-0.3, -0.25) is 0 Å². The zero-order valence-corrected chi connectivity index (χ0v) is 10.1. The van der Waals surface area contributed by atoms with Gasteiger partial charge >= 0.3 is 0 Å². The Morgan fingerprint density at radius 3 is 2.08 bits per heavy atom. The molecule has 0 spiro atoms. The molecular formula is C13H24. The van der Waals surface area contributed by atoms with Crippen LogP contribution in [0, 0.1) is 11.3 Å². The molecule has 0 saturated carbocycles. The Hall–Kier alpha value is -0.520. The summed E-state index contributed by atoms with van der Waals surface area (Å²) in [5.74, 6) is 0.592. The Morgan fingerprint density at radius 2 is 1.77 bits per heavy atom. The van der Waals surface area contributed by atoms with Gasteiger partial charge in [-0.1, -0.05) is 51.5 Å². The van der Waals surface area contributed by atoms with E-state index in [-0.39, 0.29) is 0 Å². The van der Waals surface area contributed by atoms with Crippen LogP contribution in [0.1, 0.15) is 48.0 Å². The van der Waals surface area contributed by atoms with Gasteiger partial charge in [-0.25, -0.2) is 0 Å². The highest BCUT2D eigenvalue weighted by Gasteiger charge is 2.15. The molecule has 0 aromatic heterocycles. The van der Waals surface area contributed by atoms with Crippen LogP contribution in [-0.4, -0.2) is 0 Å². The second-order valence-electron chi connectivity index (χ2n) is 5.46. The predicted molar refractivity (Wildman–Crippen MR) is 61.8 cm³/mol. The Balaban J connectivity index is 4.21. The normalized spacial score (nSPS) is 13.7. The SMILES string of the molecule is C=C(C=C(C)C)C(C)CC(C)(C)C. The summed E-state index contributed by atoms with van der Waals surface area (Å²) < 4.78 is 0. The molecule has 0 N–H and O–H groups in total. The summed E-state index contributed by atoms with van der Waals surface area (Å²) in [6.45, 7) is 17.4. The molecule has 0 heteroatoms. The first-order chi connectivity index (χ1) is 5.72. The van der Waals surface area contributed by atoms with Gasteiger partial charge in [0.1, 0.15) is 0 Å². The summed E-state index contributed by atoms with van der Waals surface area (Å²) >= 11 is 0. The van der Waals surface area contributed by atoms with E-state index in [4.69, 9.17) is 0 Å². The van der Waals surface area contributed by atoms with Gasteiger partial charge in [0.15, 0.2) is 0 Å². The second kappa shape index (κ2) is 4.64. The van der Waals surface area contributed by atoms with E-state index in [9.17, 15) is 0 Å². The minimum atomic E-state index is 0.401. The summed E-state index contributed by atoms with van der Waals surface area (Å²) in [6, 6.07) is 0. The molecule has 1 unspecified atom stereocenters. The summed E-state index contributed by atoms with van der Waals surface area (Å²) in [4.78, 5) is 0. The third-order valence-corrected chi connectivity index (χ3v) is 2.03. The summed E-state index contributed by atoms with van der Waals surface area (Å²) in [5, 5.41) is 0. The number of allylic oxidation sites excluding steroid dienone is 3. The Labute approximate surface area is 83.7 Å². The summed E-state index contributed by atoms with van der Waals surface area (Å²) in [6.07, 6.45) is 3.39. The van der Waals surface area contributed by atoms with E-state index in [1.807, 2.05) is 0 Å². The zero-order valence-electron chi connectivity index (χ0n) is 10.1. The summed E-state index contributed by atoms with van der Waals surface area (Å²) in [7, 11) is 0. The average Bonchev–Trinajstić information content (AvgIpc) is 1.81. The van der Waals surface area contributed by atoms with Crippen LogP contribution in [0.5, 0.6) is 0 Å². The fourth-order valence-electron chi connectivity index (χ4n) is 1.56. The third kappa shape index (κ3) is 6.62. The quantitative estimate of drug-likeness (QED) is 0.558. The van der Waals surface area contributed by atoms with E-state index in [2.05, 4.69) is 54.2 Å². The highest BCUT2D eigenvalue weighted by atomic mass is 14.2. The van der Waals surface area contributed by atoms with E-state index >= 15 is 0 Å². The summed E-state index contributed by atoms with van der Waals surface area (Å²) in [5.41, 5.74) is 3.00. The van der Waals surface area contributed by atoms with E-state index in [1.54, 1.807) is 0 Å². The molecule has 0 aliphatic carbocycles. The highest BCUT2D eigenvalue weighted by Crippen LogP contribution is 2.28. The third-order valence-electron chi connectivity index (χ3n) is 2.03. The van der Waals surface area contributed by atoms with Crippen LogP contribution >= 0.6 is 0 Å². The van der Waals surface area contributed by atoms with Crippen molar-refractivity contribution in [2.75, 3.05) is 0 Å². The Kier molecular flexibility index (Phi) is 4.46. The first kappa shape index (κ1) is 12.5. The number of rotatable bonds is 3. The predicted octanol–water partition coefficient (Wildman–Crippen LogP) is 4.58. The average molecular weight is 180 g/mol. The lowest BCUT2D eigenvalue weighted by molar-refractivity contribution is 0.332. The molecule has 0 heterocycles. The topological polar surface area (TPSA) is 0 Å². The number of hydrogen-bond acceptors (Lipinski definition) is 0. The fourth-order valence-corrected chi connectivity index (χ4v) is 1.56. The van der Waals surface area contributed by atoms with E-state index in [1.165, 1.54) is 17.6 Å². The van der Waals surface area contributed by atoms with Crippen LogP contribution in [0.25, 0.3) is 0 Å². The highest BCUT2D eigenvalue weighted by molar-refractivity contribution is 5.20. The Bertz CT molecular complexity index is 197. The maximum atomic E-state index is 4.10. The van der Waals surface area contributed by atoms with Gasteiger partial charge < -0.3 is 0 Å². The van der Waals surface area contributed by atoms with E-state index in [0.29, 0.717) is 11.3 Å². The van der Waals surface area contributed by atoms with Crippen molar-refractivity contribution in [1.82, 2.24) is 0 Å². The van der Waals surface area contributed by atoms with E-state index < -0.39 is 0 Å². The van der Waals surface area contributed by atoms with Gasteiger partial charge in [-0.2, -0.15) is 0 Å². The molecule has 0 radical (unpaired) electrons. The van der Waals surface area contributed by atoms with Gasteiger partial charge in [0.2, 0.25) is 0 Å². The van der Waals surface area contributed by atoms with Crippen molar-refractivity contribution in [3.63, 3.8) is 0 Å². The molecule has 0 aliphatic rings. The molecule has 13 heavy (non-hydrogen) atoms. The molecule has 0 amide bonds. The van der Waals surface area contributed by atoms with Crippen LogP contribution in [0.3, 0.4) is 0 Å². The van der Waals surface area contributed by atoms with E-state index in [0.717, 1.165) is 0 Å². The zero-order chi connectivity index (χ0) is 10.6. The van der Waals surface area contributed by atoms with Gasteiger partial charge in [0, 0.05) is 0 Å². The minimum Gasteiger partial charge on any atom is -0.0956 e. The van der Waals surface area contributed by atoms with Gasteiger partial charge in [-0.05, 0) is 31.6 Å². The molecule has 76 valence electrons. The smallest absolute Gasteiger partial charge is 0.0191 e. The van der Waals surface area contributed by atoms with Crippen LogP contribution in [0.2, 0.25) is 0 Å². The molecule has 0 bridgehead atoms. The largest absolute Gasteiger partial charge is 0.0956 e. The lowest BCUT2D eigenvalue weighted by Crippen LogP contribution is -2.11. The van der Waals surface area contributed by atoms with Crippen LogP contribution < -0.4 is 0 Å². The fraction of sp³-hybridized carbons (Fsp3) is 0.692. The lowest BCUT2D eigenvalue weighted by atomic mass is 9.82. The second-order valence-corrected chi connectivity index (χ2v) is 5.46. The number of hydrogen-bond donors (Lipinski definition) is 0. The standard InChI is InChI=1S/C13H24/c1-10(2)8-11(3)12(4)9-13(5,6)7/h8,12H,3,9H2,1-2,4-7H3. The molecule has 0 saturated heterocycles. The maximum absolute atomic E-state index is 4.10. The lowest BCUT2D eigenvalue weighted by Gasteiger charge is -2.23. The molecule has 0 aromatic rings. The molecule has 0 fully saturated rings. The van der Waals surface area contributed by atoms with Crippen LogP contribution in [-0.2, 0) is 0 Å². The maximum Gasteiger partial charge on any atom is -0.0191 e. The molecule has 1 atom stereocenters. The molecule has 0 rings (SSSR count). The van der Waals surface area contributed by atoms with Crippen LogP contribution in [0.15, 0.2) is 23.8 Å². The Morgan fingerprint density at radius 1 is 1.31 bits per heavy atom. The molecule has 0 aliphatic heterocycles. The van der Waals surface area contributed by atoms with Crippen molar-refractivity contribution in [3.8, 4) is 0 Å². The van der Waals surface area contributed by atoms with Crippen molar-refractivity contribution in [1.29, 1.82) is 0 Å². The van der Waals surface area contributed by atoms with Crippen molar-refractivity contribution in [2.45, 2.75) is 48.0 Å². The van der Waals surface area contributed by atoms with Gasteiger partial charge in [-0.15, -0.1) is 0 Å². The first-order valence-electron chi connectivity index (χ1n) is 5.06.